The monoisotopic (exact) mass is 437 g/mol. The van der Waals surface area contributed by atoms with Crippen LogP contribution in [0.1, 0.15) is 49.8 Å². The molecule has 0 spiro atoms. The van der Waals surface area contributed by atoms with E-state index in [2.05, 4.69) is 23.1 Å². The van der Waals surface area contributed by atoms with Gasteiger partial charge in [-0.15, -0.1) is 0 Å². The highest BCUT2D eigenvalue weighted by Crippen LogP contribution is 2.31. The van der Waals surface area contributed by atoms with Crippen LogP contribution in [0.15, 0.2) is 18.2 Å². The van der Waals surface area contributed by atoms with Gasteiger partial charge in [0.05, 0.1) is 24.8 Å². The molecule has 3 aliphatic rings. The second-order valence-electron chi connectivity index (χ2n) is 9.75. The molecule has 0 unspecified atom stereocenters. The van der Waals surface area contributed by atoms with Crippen LogP contribution in [0.4, 0.5) is 5.82 Å². The minimum atomic E-state index is -0.0417. The van der Waals surface area contributed by atoms with Gasteiger partial charge in [0.1, 0.15) is 5.82 Å². The van der Waals surface area contributed by atoms with E-state index in [9.17, 15) is 4.79 Å². The zero-order chi connectivity index (χ0) is 22.1. The van der Waals surface area contributed by atoms with Crippen LogP contribution in [-0.2, 0) is 33.7 Å². The summed E-state index contributed by atoms with van der Waals surface area (Å²) in [6.07, 6.45) is 5.78. The van der Waals surface area contributed by atoms with Crippen molar-refractivity contribution in [3.05, 3.63) is 34.9 Å². The van der Waals surface area contributed by atoms with E-state index >= 15 is 0 Å². The molecule has 1 atom stereocenters. The summed E-state index contributed by atoms with van der Waals surface area (Å²) in [5, 5.41) is 1.19. The molecule has 2 aromatic rings. The Labute approximate surface area is 190 Å². The number of nitrogens with zero attached hydrogens (tertiary/aromatic N) is 3. The van der Waals surface area contributed by atoms with E-state index in [0.717, 1.165) is 62.3 Å². The van der Waals surface area contributed by atoms with Crippen LogP contribution in [0.25, 0.3) is 10.9 Å². The van der Waals surface area contributed by atoms with E-state index < -0.39 is 0 Å². The molecule has 0 N–H and O–H groups in total. The normalized spacial score (nSPS) is 20.8. The summed E-state index contributed by atoms with van der Waals surface area (Å²) in [4.78, 5) is 22.7. The highest BCUT2D eigenvalue weighted by atomic mass is 16.5. The number of aromatic nitrogens is 1. The Balaban J connectivity index is 1.52. The minimum absolute atomic E-state index is 0.0417. The van der Waals surface area contributed by atoms with Gasteiger partial charge in [-0.25, -0.2) is 4.98 Å². The quantitative estimate of drug-likeness (QED) is 0.689. The predicted molar refractivity (Wildman–Crippen MR) is 126 cm³/mol. The van der Waals surface area contributed by atoms with E-state index in [-0.39, 0.29) is 17.9 Å². The molecule has 2 aliphatic heterocycles. The Kier molecular flexibility index (Phi) is 6.33. The fourth-order valence-electron chi connectivity index (χ4n) is 5.28. The number of fused-ring (bicyclic) bond motifs is 2. The molecule has 32 heavy (non-hydrogen) atoms. The maximum absolute atomic E-state index is 13.2. The summed E-state index contributed by atoms with van der Waals surface area (Å²) >= 11 is 0. The number of pyridine rings is 1. The number of benzene rings is 1. The van der Waals surface area contributed by atoms with Crippen molar-refractivity contribution in [1.29, 1.82) is 0 Å². The molecular weight excluding hydrogens is 402 g/mol. The van der Waals surface area contributed by atoms with Crippen molar-refractivity contribution in [1.82, 2.24) is 9.88 Å². The Bertz CT molecular complexity index is 978. The summed E-state index contributed by atoms with van der Waals surface area (Å²) in [5.41, 5.74) is 5.10. The number of amides is 1. The number of carbonyl (C=O) groups excluding carboxylic acids is 1. The van der Waals surface area contributed by atoms with Gasteiger partial charge < -0.3 is 19.3 Å². The topological polar surface area (TPSA) is 54.9 Å². The van der Waals surface area contributed by atoms with Crippen LogP contribution < -0.4 is 4.90 Å². The molecule has 2 saturated heterocycles. The lowest BCUT2D eigenvalue weighted by molar-refractivity contribution is -0.136. The largest absolute Gasteiger partial charge is 0.378 e. The summed E-state index contributed by atoms with van der Waals surface area (Å²) in [6.45, 7) is 9.09. The number of anilines is 1. The average molecular weight is 438 g/mol. The molecule has 3 heterocycles. The van der Waals surface area contributed by atoms with Crippen molar-refractivity contribution >= 4 is 22.6 Å². The zero-order valence-corrected chi connectivity index (χ0v) is 19.4. The smallest absolute Gasteiger partial charge is 0.225 e. The van der Waals surface area contributed by atoms with Gasteiger partial charge in [-0.1, -0.05) is 13.8 Å². The Morgan fingerprint density at radius 3 is 2.62 bits per heavy atom. The lowest BCUT2D eigenvalue weighted by Crippen LogP contribution is -2.41. The lowest BCUT2D eigenvalue weighted by Gasteiger charge is -2.32. The Hall–Kier alpha value is -2.18. The van der Waals surface area contributed by atoms with Gasteiger partial charge in [-0.2, -0.15) is 0 Å². The van der Waals surface area contributed by atoms with Crippen LogP contribution in [0.3, 0.4) is 0 Å². The lowest BCUT2D eigenvalue weighted by atomic mass is 10.0. The van der Waals surface area contributed by atoms with Crippen molar-refractivity contribution in [2.75, 3.05) is 44.4 Å². The van der Waals surface area contributed by atoms with Crippen molar-refractivity contribution < 1.29 is 14.3 Å². The van der Waals surface area contributed by atoms with Gasteiger partial charge in [0.15, 0.2) is 0 Å². The molecule has 0 bridgehead atoms. The van der Waals surface area contributed by atoms with Gasteiger partial charge in [0.2, 0.25) is 5.91 Å². The molecule has 1 amide bonds. The molecule has 0 saturated carbocycles. The molecular formula is C26H35N3O3. The summed E-state index contributed by atoms with van der Waals surface area (Å²) in [5.74, 6) is 1.15. The molecule has 1 aliphatic carbocycles. The highest BCUT2D eigenvalue weighted by molar-refractivity contribution is 5.84. The van der Waals surface area contributed by atoms with Gasteiger partial charge in [0, 0.05) is 49.7 Å². The van der Waals surface area contributed by atoms with Crippen LogP contribution in [0, 0.1) is 5.92 Å². The second kappa shape index (κ2) is 9.36. The van der Waals surface area contributed by atoms with Gasteiger partial charge in [-0.3, -0.25) is 4.79 Å². The molecule has 6 heteroatoms. The molecule has 1 aromatic carbocycles. The number of rotatable bonds is 6. The first-order valence-corrected chi connectivity index (χ1v) is 12.3. The van der Waals surface area contributed by atoms with E-state index in [1.54, 1.807) is 0 Å². The summed E-state index contributed by atoms with van der Waals surface area (Å²) in [7, 11) is 0. The third-order valence-corrected chi connectivity index (χ3v) is 7.01. The fourth-order valence-corrected chi connectivity index (χ4v) is 5.28. The maximum atomic E-state index is 13.2. The van der Waals surface area contributed by atoms with Crippen molar-refractivity contribution in [2.24, 2.45) is 5.92 Å². The third-order valence-electron chi connectivity index (χ3n) is 7.01. The fraction of sp³-hybridized carbons (Fsp3) is 0.615. The van der Waals surface area contributed by atoms with Gasteiger partial charge in [0.25, 0.3) is 0 Å². The van der Waals surface area contributed by atoms with E-state index in [1.807, 2.05) is 18.7 Å². The molecule has 5 rings (SSSR count). The van der Waals surface area contributed by atoms with Crippen molar-refractivity contribution in [3.8, 4) is 0 Å². The van der Waals surface area contributed by atoms with Crippen LogP contribution in [-0.4, -0.2) is 61.3 Å². The third kappa shape index (κ3) is 4.48. The SMILES string of the molecule is CC(C)C(=O)N(Cc1cc2cc3c(cc2nc1N1CCOCC1)CCC3)C[C@H]1CCCO1. The average Bonchev–Trinajstić information content (AvgIpc) is 3.48. The predicted octanol–water partition coefficient (Wildman–Crippen LogP) is 3.72. The molecule has 0 radical (unpaired) electrons. The number of hydrogen-bond acceptors (Lipinski definition) is 5. The minimum Gasteiger partial charge on any atom is -0.378 e. The number of ether oxygens (including phenoxy) is 2. The first-order valence-electron chi connectivity index (χ1n) is 12.3. The van der Waals surface area contributed by atoms with E-state index in [4.69, 9.17) is 14.5 Å². The first-order chi connectivity index (χ1) is 15.6. The summed E-state index contributed by atoms with van der Waals surface area (Å²) in [6, 6.07) is 6.89. The number of carbonyl (C=O) groups is 1. The van der Waals surface area contributed by atoms with E-state index in [0.29, 0.717) is 26.3 Å². The van der Waals surface area contributed by atoms with Crippen molar-refractivity contribution in [3.63, 3.8) is 0 Å². The second-order valence-corrected chi connectivity index (χ2v) is 9.75. The Morgan fingerprint density at radius 1 is 1.12 bits per heavy atom. The zero-order valence-electron chi connectivity index (χ0n) is 19.4. The number of aryl methyl sites for hydroxylation is 2. The van der Waals surface area contributed by atoms with Gasteiger partial charge >= 0.3 is 0 Å². The maximum Gasteiger partial charge on any atom is 0.225 e. The standard InChI is InChI=1S/C26H35N3O3/c1-18(2)26(30)29(17-23-7-4-10-32-23)16-22-14-21-13-19-5-3-6-20(19)15-24(21)27-25(22)28-8-11-31-12-9-28/h13-15,18,23H,3-12,16-17H2,1-2H3/t23-/m1/s1. The number of morpholine rings is 1. The van der Waals surface area contributed by atoms with Gasteiger partial charge in [-0.05, 0) is 61.4 Å². The van der Waals surface area contributed by atoms with E-state index in [1.165, 1.54) is 22.9 Å². The van der Waals surface area contributed by atoms with Crippen LogP contribution >= 0.6 is 0 Å². The summed E-state index contributed by atoms with van der Waals surface area (Å²) < 4.78 is 11.5. The van der Waals surface area contributed by atoms with Crippen LogP contribution in [0.2, 0.25) is 0 Å². The van der Waals surface area contributed by atoms with Crippen molar-refractivity contribution in [2.45, 2.75) is 58.6 Å². The molecule has 2 fully saturated rings. The number of hydrogen-bond donors (Lipinski definition) is 0. The Morgan fingerprint density at radius 2 is 1.91 bits per heavy atom. The van der Waals surface area contributed by atoms with Crippen LogP contribution in [0.5, 0.6) is 0 Å². The first kappa shape index (κ1) is 21.7. The highest BCUT2D eigenvalue weighted by Gasteiger charge is 2.27. The molecule has 172 valence electrons. The molecule has 6 nitrogen and oxygen atoms in total. The molecule has 1 aromatic heterocycles.